The molecule has 0 spiro atoms. The van der Waals surface area contributed by atoms with Crippen LogP contribution < -0.4 is 5.32 Å². The highest BCUT2D eigenvalue weighted by Gasteiger charge is 2.16. The molecule has 1 N–H and O–H groups in total. The summed E-state index contributed by atoms with van der Waals surface area (Å²) < 4.78 is 3.78. The van der Waals surface area contributed by atoms with Gasteiger partial charge in [0.1, 0.15) is 0 Å². The fourth-order valence-electron chi connectivity index (χ4n) is 2.76. The molecule has 0 aliphatic rings. The standard InChI is InChI=1S/C20H24N6OS/c1-5-10-26-19(16-11-21-25(6-2)12-16)23-24-20(26)28-13-18(27)22-17-9-7-8-14(3)15(17)4/h5,7-9,11-12H,1,6,10,13H2,2-4H3,(H,22,27). The van der Waals surface area contributed by atoms with Gasteiger partial charge in [-0.05, 0) is 38.0 Å². The van der Waals surface area contributed by atoms with Gasteiger partial charge >= 0.3 is 0 Å². The van der Waals surface area contributed by atoms with Crippen LogP contribution in [-0.4, -0.2) is 36.2 Å². The molecule has 1 amide bonds. The summed E-state index contributed by atoms with van der Waals surface area (Å²) in [6, 6.07) is 5.88. The van der Waals surface area contributed by atoms with Crippen LogP contribution in [-0.2, 0) is 17.9 Å². The molecule has 0 bridgehead atoms. The Morgan fingerprint density at radius 1 is 1.32 bits per heavy atom. The third-order valence-electron chi connectivity index (χ3n) is 4.46. The highest BCUT2D eigenvalue weighted by molar-refractivity contribution is 7.99. The second-order valence-corrected chi connectivity index (χ2v) is 7.32. The molecule has 0 saturated carbocycles. The molecular formula is C20H24N6OS. The summed E-state index contributed by atoms with van der Waals surface area (Å²) in [6.45, 7) is 11.2. The monoisotopic (exact) mass is 396 g/mol. The molecule has 0 unspecified atom stereocenters. The van der Waals surface area contributed by atoms with Crippen molar-refractivity contribution in [2.75, 3.05) is 11.1 Å². The second-order valence-electron chi connectivity index (χ2n) is 6.37. The van der Waals surface area contributed by atoms with Crippen LogP contribution in [0, 0.1) is 13.8 Å². The average Bonchev–Trinajstić information content (AvgIpc) is 3.31. The molecule has 2 aromatic heterocycles. The Balaban J connectivity index is 1.72. The minimum absolute atomic E-state index is 0.0767. The van der Waals surface area contributed by atoms with Crippen LogP contribution in [0.2, 0.25) is 0 Å². The molecule has 1 aromatic carbocycles. The molecule has 0 radical (unpaired) electrons. The highest BCUT2D eigenvalue weighted by Crippen LogP contribution is 2.24. The number of hydrogen-bond acceptors (Lipinski definition) is 5. The molecule has 0 aliphatic carbocycles. The number of anilines is 1. The van der Waals surface area contributed by atoms with Crippen LogP contribution in [0.3, 0.4) is 0 Å². The first kappa shape index (κ1) is 19.9. The molecule has 0 saturated heterocycles. The maximum Gasteiger partial charge on any atom is 0.234 e. The van der Waals surface area contributed by atoms with Crippen molar-refractivity contribution in [3.05, 3.63) is 54.4 Å². The third kappa shape index (κ3) is 4.33. The van der Waals surface area contributed by atoms with Crippen molar-refractivity contribution in [1.82, 2.24) is 24.5 Å². The predicted molar refractivity (Wildman–Crippen MR) is 112 cm³/mol. The molecule has 146 valence electrons. The van der Waals surface area contributed by atoms with Crippen molar-refractivity contribution < 1.29 is 4.79 Å². The lowest BCUT2D eigenvalue weighted by atomic mass is 10.1. The van der Waals surface area contributed by atoms with E-state index in [1.54, 1.807) is 12.3 Å². The van der Waals surface area contributed by atoms with Crippen LogP contribution in [0.5, 0.6) is 0 Å². The fourth-order valence-corrected chi connectivity index (χ4v) is 3.51. The molecule has 7 nitrogen and oxygen atoms in total. The van der Waals surface area contributed by atoms with Gasteiger partial charge in [0.25, 0.3) is 0 Å². The topological polar surface area (TPSA) is 77.6 Å². The Kier molecular flexibility index (Phi) is 6.30. The van der Waals surface area contributed by atoms with E-state index < -0.39 is 0 Å². The molecule has 0 atom stereocenters. The summed E-state index contributed by atoms with van der Waals surface area (Å²) in [5.74, 6) is 0.890. The van der Waals surface area contributed by atoms with Gasteiger partial charge in [0, 0.05) is 25.0 Å². The number of benzene rings is 1. The summed E-state index contributed by atoms with van der Waals surface area (Å²) in [6.07, 6.45) is 5.50. The average molecular weight is 397 g/mol. The molecule has 3 rings (SSSR count). The number of thioether (sulfide) groups is 1. The largest absolute Gasteiger partial charge is 0.325 e. The van der Waals surface area contributed by atoms with E-state index in [4.69, 9.17) is 0 Å². The molecule has 8 heteroatoms. The Morgan fingerprint density at radius 2 is 2.14 bits per heavy atom. The van der Waals surface area contributed by atoms with E-state index in [0.29, 0.717) is 11.7 Å². The van der Waals surface area contributed by atoms with Crippen LogP contribution >= 0.6 is 11.8 Å². The maximum absolute atomic E-state index is 12.4. The number of amides is 1. The first-order valence-corrected chi connectivity index (χ1v) is 10.1. The summed E-state index contributed by atoms with van der Waals surface area (Å²) in [5, 5.41) is 16.5. The van der Waals surface area contributed by atoms with Crippen molar-refractivity contribution >= 4 is 23.4 Å². The Morgan fingerprint density at radius 3 is 2.86 bits per heavy atom. The molecule has 3 aromatic rings. The van der Waals surface area contributed by atoms with E-state index in [9.17, 15) is 4.79 Å². The molecule has 28 heavy (non-hydrogen) atoms. The van der Waals surface area contributed by atoms with Gasteiger partial charge in [0.15, 0.2) is 11.0 Å². The minimum atomic E-state index is -0.0767. The number of carbonyl (C=O) groups excluding carboxylic acids is 1. The molecule has 0 aliphatic heterocycles. The van der Waals surface area contributed by atoms with Crippen molar-refractivity contribution in [1.29, 1.82) is 0 Å². The third-order valence-corrected chi connectivity index (χ3v) is 5.42. The van der Waals surface area contributed by atoms with Crippen LogP contribution in [0.1, 0.15) is 18.1 Å². The van der Waals surface area contributed by atoms with E-state index >= 15 is 0 Å². The van der Waals surface area contributed by atoms with Gasteiger partial charge in [0.2, 0.25) is 5.91 Å². The molecular weight excluding hydrogens is 372 g/mol. The van der Waals surface area contributed by atoms with Crippen LogP contribution in [0.4, 0.5) is 5.69 Å². The van der Waals surface area contributed by atoms with Gasteiger partial charge in [-0.25, -0.2) is 0 Å². The molecule has 2 heterocycles. The maximum atomic E-state index is 12.4. The summed E-state index contributed by atoms with van der Waals surface area (Å²) in [4.78, 5) is 12.4. The highest BCUT2D eigenvalue weighted by atomic mass is 32.2. The van der Waals surface area contributed by atoms with Crippen molar-refractivity contribution in [2.24, 2.45) is 0 Å². The normalized spacial score (nSPS) is 10.8. The van der Waals surface area contributed by atoms with E-state index in [-0.39, 0.29) is 11.7 Å². The number of aromatic nitrogens is 5. The zero-order valence-electron chi connectivity index (χ0n) is 16.3. The van der Waals surface area contributed by atoms with E-state index in [1.165, 1.54) is 11.8 Å². The van der Waals surface area contributed by atoms with Crippen molar-refractivity contribution in [3.8, 4) is 11.4 Å². The summed E-state index contributed by atoms with van der Waals surface area (Å²) in [5.41, 5.74) is 3.95. The van der Waals surface area contributed by atoms with Gasteiger partial charge in [0.05, 0.1) is 17.5 Å². The molecule has 0 fully saturated rings. The lowest BCUT2D eigenvalue weighted by Crippen LogP contribution is -2.15. The van der Waals surface area contributed by atoms with Crippen LogP contribution in [0.15, 0.2) is 48.4 Å². The number of nitrogens with one attached hydrogen (secondary N) is 1. The summed E-state index contributed by atoms with van der Waals surface area (Å²) in [7, 11) is 0. The number of nitrogens with zero attached hydrogens (tertiary/aromatic N) is 5. The van der Waals surface area contributed by atoms with Gasteiger partial charge in [-0.1, -0.05) is 30.0 Å². The first-order valence-electron chi connectivity index (χ1n) is 9.09. The quantitative estimate of drug-likeness (QED) is 0.464. The van der Waals surface area contributed by atoms with E-state index in [0.717, 1.165) is 34.7 Å². The number of allylic oxidation sites excluding steroid dienone is 1. The fraction of sp³-hybridized carbons (Fsp3) is 0.300. The number of rotatable bonds is 8. The Hall–Kier alpha value is -2.87. The second kappa shape index (κ2) is 8.88. The Bertz CT molecular complexity index is 990. The SMILES string of the molecule is C=CCn1c(SCC(=O)Nc2cccc(C)c2C)nnc1-c1cnn(CC)c1. The number of carbonyl (C=O) groups is 1. The summed E-state index contributed by atoms with van der Waals surface area (Å²) >= 11 is 1.35. The van der Waals surface area contributed by atoms with E-state index in [2.05, 4.69) is 27.2 Å². The number of hydrogen-bond donors (Lipinski definition) is 1. The van der Waals surface area contributed by atoms with Crippen LogP contribution in [0.25, 0.3) is 11.4 Å². The smallest absolute Gasteiger partial charge is 0.234 e. The van der Waals surface area contributed by atoms with E-state index in [1.807, 2.05) is 54.4 Å². The van der Waals surface area contributed by atoms with Gasteiger partial charge < -0.3 is 5.32 Å². The predicted octanol–water partition coefficient (Wildman–Crippen LogP) is 3.70. The van der Waals surface area contributed by atoms with Crippen molar-refractivity contribution in [3.63, 3.8) is 0 Å². The zero-order valence-corrected chi connectivity index (χ0v) is 17.2. The number of aryl methyl sites for hydroxylation is 2. The Labute approximate surface area is 168 Å². The first-order chi connectivity index (χ1) is 13.5. The lowest BCUT2D eigenvalue weighted by Gasteiger charge is -2.10. The van der Waals surface area contributed by atoms with Gasteiger partial charge in [-0.3, -0.25) is 14.0 Å². The van der Waals surface area contributed by atoms with Crippen molar-refractivity contribution in [2.45, 2.75) is 39.0 Å². The lowest BCUT2D eigenvalue weighted by molar-refractivity contribution is -0.113. The van der Waals surface area contributed by atoms with Gasteiger partial charge in [-0.2, -0.15) is 5.10 Å². The zero-order chi connectivity index (χ0) is 20.1. The van der Waals surface area contributed by atoms with Gasteiger partial charge in [-0.15, -0.1) is 16.8 Å². The minimum Gasteiger partial charge on any atom is -0.325 e.